The Bertz CT molecular complexity index is 1500. The number of rotatable bonds is 12. The quantitative estimate of drug-likeness (QED) is 0.227. The zero-order valence-electron chi connectivity index (χ0n) is 24.4. The molecule has 0 aliphatic carbocycles. The van der Waals surface area contributed by atoms with Gasteiger partial charge in [0.25, 0.3) is 0 Å². The summed E-state index contributed by atoms with van der Waals surface area (Å²) in [4.78, 5) is 37.3. The highest BCUT2D eigenvalue weighted by atomic mass is 16.5. The van der Waals surface area contributed by atoms with Gasteiger partial charge in [-0.2, -0.15) is 15.1 Å². The topological polar surface area (TPSA) is 128 Å². The number of nitrogens with one attached hydrogen (secondary N) is 3. The maximum atomic E-state index is 12.2. The number of ether oxygens (including phenoxy) is 1. The minimum Gasteiger partial charge on any atom is -0.438 e. The number of hydrogen-bond donors (Lipinski definition) is 3. The fourth-order valence-corrected chi connectivity index (χ4v) is 4.55. The lowest BCUT2D eigenvalue weighted by Crippen LogP contribution is -2.36. The van der Waals surface area contributed by atoms with Gasteiger partial charge >= 0.3 is 0 Å². The number of hydrogen-bond acceptors (Lipinski definition) is 8. The van der Waals surface area contributed by atoms with E-state index >= 15 is 0 Å². The van der Waals surface area contributed by atoms with Crippen LogP contribution in [0.1, 0.15) is 37.0 Å². The van der Waals surface area contributed by atoms with Gasteiger partial charge in [0.2, 0.25) is 23.6 Å². The van der Waals surface area contributed by atoms with Gasteiger partial charge in [-0.1, -0.05) is 24.3 Å². The van der Waals surface area contributed by atoms with Gasteiger partial charge in [-0.3, -0.25) is 14.7 Å². The second-order valence-corrected chi connectivity index (χ2v) is 10.1. The molecule has 1 aromatic carbocycles. The number of aromatic amines is 1. The minimum atomic E-state index is -0.231. The zero-order chi connectivity index (χ0) is 29.5. The van der Waals surface area contributed by atoms with Gasteiger partial charge in [0, 0.05) is 64.1 Å². The molecule has 4 rings (SSSR count). The number of amides is 2. The van der Waals surface area contributed by atoms with Crippen LogP contribution in [0.5, 0.6) is 5.88 Å². The summed E-state index contributed by atoms with van der Waals surface area (Å²) in [6, 6.07) is 4.04. The molecule has 11 heteroatoms. The number of H-pyrrole nitrogens is 1. The molecule has 0 spiro atoms. The van der Waals surface area contributed by atoms with Crippen molar-refractivity contribution in [1.29, 1.82) is 0 Å². The molecular weight excluding hydrogens is 520 g/mol. The van der Waals surface area contributed by atoms with Gasteiger partial charge in [-0.25, -0.2) is 0 Å². The fourth-order valence-electron chi connectivity index (χ4n) is 4.55. The molecule has 3 aromatic rings. The Hall–Kier alpha value is -4.67. The third-order valence-corrected chi connectivity index (χ3v) is 6.94. The second kappa shape index (κ2) is 13.1. The Morgan fingerprint density at radius 3 is 2.76 bits per heavy atom. The molecule has 1 aliphatic rings. The Balaban J connectivity index is 1.72. The van der Waals surface area contributed by atoms with Crippen LogP contribution in [0.25, 0.3) is 16.7 Å². The molecule has 11 nitrogen and oxygen atoms in total. The van der Waals surface area contributed by atoms with Crippen LogP contribution in [0.15, 0.2) is 48.7 Å². The van der Waals surface area contributed by atoms with Gasteiger partial charge in [0.15, 0.2) is 0 Å². The largest absolute Gasteiger partial charge is 0.438 e. The molecule has 0 saturated heterocycles. The summed E-state index contributed by atoms with van der Waals surface area (Å²) in [6.07, 6.45) is 8.01. The van der Waals surface area contributed by atoms with E-state index in [1.807, 2.05) is 32.1 Å². The average molecular weight is 559 g/mol. The van der Waals surface area contributed by atoms with E-state index in [-0.39, 0.29) is 11.8 Å². The van der Waals surface area contributed by atoms with Gasteiger partial charge in [-0.05, 0) is 44.6 Å². The standard InChI is InChI=1S/C30H38N8O3/c1-7-19(3)18-38(16-15-31-25(39)8-2)28-21-10-12-24(27-20(4)9-11-23-22(27)17-33-36-23)41-29(21)35-30(34-28)32-14-13-26(40)37(5)6/h7-9,11-12,17H,2,10,13-16,18H2,1,3-6H3,(H,31,39)(H,33,36)(H,32,34,35)/b19-7-. The number of carbonyl (C=O) groups excluding carboxylic acids is 2. The predicted molar refractivity (Wildman–Crippen MR) is 162 cm³/mol. The van der Waals surface area contributed by atoms with E-state index < -0.39 is 0 Å². The van der Waals surface area contributed by atoms with Crippen LogP contribution in [0, 0.1) is 6.92 Å². The minimum absolute atomic E-state index is 0.00382. The number of allylic oxidation sites excluding steroid dienone is 2. The molecule has 3 heterocycles. The van der Waals surface area contributed by atoms with E-state index in [0.717, 1.165) is 33.2 Å². The van der Waals surface area contributed by atoms with Crippen LogP contribution in [0.2, 0.25) is 0 Å². The van der Waals surface area contributed by atoms with Crippen LogP contribution in [-0.2, 0) is 16.0 Å². The van der Waals surface area contributed by atoms with E-state index in [4.69, 9.17) is 14.7 Å². The first-order chi connectivity index (χ1) is 19.7. The van der Waals surface area contributed by atoms with E-state index in [2.05, 4.69) is 45.3 Å². The van der Waals surface area contributed by atoms with Crippen molar-refractivity contribution in [1.82, 2.24) is 30.4 Å². The number of aromatic nitrogens is 4. The highest BCUT2D eigenvalue weighted by Gasteiger charge is 2.26. The average Bonchev–Trinajstić information content (AvgIpc) is 3.44. The first-order valence-electron chi connectivity index (χ1n) is 13.6. The molecule has 0 bridgehead atoms. The van der Waals surface area contributed by atoms with Crippen molar-refractivity contribution in [3.63, 3.8) is 0 Å². The SMILES string of the molecule is C=CC(=O)NCCN(C/C(C)=C\C)c1nc(NCCC(=O)N(C)C)nc2c1CC=C(c1c(C)ccc3[nH]ncc13)O2. The van der Waals surface area contributed by atoms with Crippen molar-refractivity contribution in [3.05, 3.63) is 65.4 Å². The lowest BCUT2D eigenvalue weighted by molar-refractivity contribution is -0.128. The van der Waals surface area contributed by atoms with Crippen molar-refractivity contribution in [2.24, 2.45) is 0 Å². The second-order valence-electron chi connectivity index (χ2n) is 10.1. The van der Waals surface area contributed by atoms with Crippen LogP contribution in [-0.4, -0.2) is 77.2 Å². The fraction of sp³-hybridized carbons (Fsp3) is 0.367. The van der Waals surface area contributed by atoms with Gasteiger partial charge < -0.3 is 25.2 Å². The smallest absolute Gasteiger partial charge is 0.243 e. The van der Waals surface area contributed by atoms with Crippen molar-refractivity contribution in [3.8, 4) is 5.88 Å². The number of benzene rings is 1. The Morgan fingerprint density at radius 2 is 2.02 bits per heavy atom. The normalized spacial score (nSPS) is 12.7. The number of carbonyl (C=O) groups is 2. The first kappa shape index (κ1) is 29.3. The van der Waals surface area contributed by atoms with Crippen LogP contribution in [0.4, 0.5) is 11.8 Å². The molecule has 0 atom stereocenters. The molecule has 216 valence electrons. The van der Waals surface area contributed by atoms with Crippen LogP contribution >= 0.6 is 0 Å². The van der Waals surface area contributed by atoms with Gasteiger partial charge in [-0.15, -0.1) is 0 Å². The monoisotopic (exact) mass is 558 g/mol. The number of nitrogens with zero attached hydrogens (tertiary/aromatic N) is 5. The first-order valence-corrected chi connectivity index (χ1v) is 13.6. The third-order valence-electron chi connectivity index (χ3n) is 6.94. The lowest BCUT2D eigenvalue weighted by atomic mass is 10.00. The molecule has 0 fully saturated rings. The van der Waals surface area contributed by atoms with Gasteiger partial charge in [0.1, 0.15) is 11.6 Å². The molecule has 1 aliphatic heterocycles. The summed E-state index contributed by atoms with van der Waals surface area (Å²) >= 11 is 0. The molecule has 2 amide bonds. The Labute approximate surface area is 240 Å². The molecule has 0 unspecified atom stereocenters. The van der Waals surface area contributed by atoms with Crippen LogP contribution in [0.3, 0.4) is 0 Å². The molecule has 0 radical (unpaired) electrons. The number of anilines is 2. The van der Waals surface area contributed by atoms with E-state index in [0.29, 0.717) is 62.4 Å². The number of fused-ring (bicyclic) bond motifs is 2. The van der Waals surface area contributed by atoms with Gasteiger partial charge in [0.05, 0.1) is 17.3 Å². The van der Waals surface area contributed by atoms with Crippen molar-refractivity contribution < 1.29 is 14.3 Å². The summed E-state index contributed by atoms with van der Waals surface area (Å²) in [5.41, 5.74) is 4.94. The Morgan fingerprint density at radius 1 is 1.22 bits per heavy atom. The summed E-state index contributed by atoms with van der Waals surface area (Å²) < 4.78 is 6.49. The van der Waals surface area contributed by atoms with Crippen molar-refractivity contribution in [2.45, 2.75) is 33.6 Å². The molecule has 0 saturated carbocycles. The summed E-state index contributed by atoms with van der Waals surface area (Å²) in [5.74, 6) is 2.00. The maximum absolute atomic E-state index is 12.2. The van der Waals surface area contributed by atoms with Crippen LogP contribution < -0.4 is 20.3 Å². The zero-order valence-corrected chi connectivity index (χ0v) is 24.4. The highest BCUT2D eigenvalue weighted by molar-refractivity contribution is 5.92. The Kier molecular flexibility index (Phi) is 9.38. The van der Waals surface area contributed by atoms with Crippen molar-refractivity contribution in [2.75, 3.05) is 50.5 Å². The maximum Gasteiger partial charge on any atom is 0.243 e. The third kappa shape index (κ3) is 6.92. The van der Waals surface area contributed by atoms with E-state index in [9.17, 15) is 9.59 Å². The van der Waals surface area contributed by atoms with E-state index in [1.165, 1.54) is 6.08 Å². The highest BCUT2D eigenvalue weighted by Crippen LogP contribution is 2.38. The molecule has 3 N–H and O–H groups in total. The molecular formula is C30H38N8O3. The van der Waals surface area contributed by atoms with E-state index in [1.54, 1.807) is 25.2 Å². The predicted octanol–water partition coefficient (Wildman–Crippen LogP) is 3.60. The molecule has 41 heavy (non-hydrogen) atoms. The summed E-state index contributed by atoms with van der Waals surface area (Å²) in [5, 5.41) is 14.3. The molecule has 2 aromatic heterocycles. The number of aryl methyl sites for hydroxylation is 1. The lowest BCUT2D eigenvalue weighted by Gasteiger charge is -2.29. The summed E-state index contributed by atoms with van der Waals surface area (Å²) in [7, 11) is 3.46. The van der Waals surface area contributed by atoms with Crippen molar-refractivity contribution >= 4 is 40.2 Å². The summed E-state index contributed by atoms with van der Waals surface area (Å²) in [6.45, 7) is 11.5.